The van der Waals surface area contributed by atoms with E-state index in [2.05, 4.69) is 15.9 Å². The fraction of sp³-hybridized carbons (Fsp3) is 0.143. The van der Waals surface area contributed by atoms with Gasteiger partial charge in [0.1, 0.15) is 5.82 Å². The molecule has 3 heteroatoms. The lowest BCUT2D eigenvalue weighted by atomic mass is 10.2. The molecule has 0 atom stereocenters. The van der Waals surface area contributed by atoms with Gasteiger partial charge in [0.2, 0.25) is 0 Å². The summed E-state index contributed by atoms with van der Waals surface area (Å²) < 4.78 is 19.4. The van der Waals surface area contributed by atoms with Crippen molar-refractivity contribution in [2.45, 2.75) is 13.2 Å². The maximum Gasteiger partial charge on any atom is 0.124 e. The molecule has 0 aliphatic heterocycles. The van der Waals surface area contributed by atoms with Gasteiger partial charge in [-0.15, -0.1) is 0 Å². The van der Waals surface area contributed by atoms with Crippen LogP contribution in [0.1, 0.15) is 11.1 Å². The molecule has 0 spiro atoms. The third-order valence-corrected chi connectivity index (χ3v) is 2.76. The van der Waals surface area contributed by atoms with Gasteiger partial charge in [0.05, 0.1) is 13.2 Å². The SMILES string of the molecule is Fc1cc(Br)cc(COCc2ccccc2)c1. The molecule has 2 aromatic carbocycles. The Balaban J connectivity index is 1.90. The molecule has 0 unspecified atom stereocenters. The van der Waals surface area contributed by atoms with Crippen LogP contribution in [-0.2, 0) is 18.0 Å². The predicted molar refractivity (Wildman–Crippen MR) is 69.0 cm³/mol. The van der Waals surface area contributed by atoms with Gasteiger partial charge in [-0.25, -0.2) is 4.39 Å². The fourth-order valence-corrected chi connectivity index (χ4v) is 2.07. The van der Waals surface area contributed by atoms with Crippen molar-refractivity contribution in [1.82, 2.24) is 0 Å². The zero-order valence-corrected chi connectivity index (χ0v) is 10.8. The monoisotopic (exact) mass is 294 g/mol. The van der Waals surface area contributed by atoms with Crippen molar-refractivity contribution in [2.24, 2.45) is 0 Å². The van der Waals surface area contributed by atoms with Crippen LogP contribution >= 0.6 is 15.9 Å². The van der Waals surface area contributed by atoms with E-state index in [1.807, 2.05) is 36.4 Å². The van der Waals surface area contributed by atoms with Gasteiger partial charge in [-0.3, -0.25) is 0 Å². The molecule has 0 N–H and O–H groups in total. The Bertz CT molecular complexity index is 465. The third-order valence-electron chi connectivity index (χ3n) is 2.30. The highest BCUT2D eigenvalue weighted by Crippen LogP contribution is 2.16. The predicted octanol–water partition coefficient (Wildman–Crippen LogP) is 4.31. The average Bonchev–Trinajstić information content (AvgIpc) is 2.29. The lowest BCUT2D eigenvalue weighted by Crippen LogP contribution is -1.94. The molecular formula is C14H12BrFO. The summed E-state index contributed by atoms with van der Waals surface area (Å²) in [5, 5.41) is 0. The van der Waals surface area contributed by atoms with Crippen LogP contribution in [0.25, 0.3) is 0 Å². The Morgan fingerprint density at radius 3 is 2.35 bits per heavy atom. The van der Waals surface area contributed by atoms with E-state index in [9.17, 15) is 4.39 Å². The summed E-state index contributed by atoms with van der Waals surface area (Å²) in [5.41, 5.74) is 1.94. The largest absolute Gasteiger partial charge is 0.372 e. The molecule has 1 nitrogen and oxygen atoms in total. The highest BCUT2D eigenvalue weighted by molar-refractivity contribution is 9.10. The summed E-state index contributed by atoms with van der Waals surface area (Å²) >= 11 is 3.25. The van der Waals surface area contributed by atoms with Gasteiger partial charge in [-0.1, -0.05) is 46.3 Å². The smallest absolute Gasteiger partial charge is 0.124 e. The summed E-state index contributed by atoms with van der Waals surface area (Å²) in [4.78, 5) is 0. The van der Waals surface area contributed by atoms with E-state index in [1.165, 1.54) is 12.1 Å². The minimum atomic E-state index is -0.252. The van der Waals surface area contributed by atoms with Gasteiger partial charge < -0.3 is 4.74 Å². The van der Waals surface area contributed by atoms with Crippen molar-refractivity contribution in [3.05, 3.63) is 69.9 Å². The van der Waals surface area contributed by atoms with Crippen LogP contribution in [0.4, 0.5) is 4.39 Å². The highest BCUT2D eigenvalue weighted by atomic mass is 79.9. The Morgan fingerprint density at radius 1 is 0.941 bits per heavy atom. The summed E-state index contributed by atoms with van der Waals surface area (Å²) in [5.74, 6) is -0.252. The summed E-state index contributed by atoms with van der Waals surface area (Å²) in [6.45, 7) is 0.945. The molecule has 0 aliphatic rings. The van der Waals surface area contributed by atoms with Gasteiger partial charge in [0.25, 0.3) is 0 Å². The Hall–Kier alpha value is -1.19. The topological polar surface area (TPSA) is 9.23 Å². The van der Waals surface area contributed by atoms with Crippen molar-refractivity contribution in [3.63, 3.8) is 0 Å². The maximum atomic E-state index is 13.1. The number of hydrogen-bond acceptors (Lipinski definition) is 1. The lowest BCUT2D eigenvalue weighted by molar-refractivity contribution is 0.107. The Labute approximate surface area is 108 Å². The number of hydrogen-bond donors (Lipinski definition) is 0. The first-order valence-electron chi connectivity index (χ1n) is 5.31. The molecule has 0 aromatic heterocycles. The van der Waals surface area contributed by atoms with Crippen LogP contribution in [0, 0.1) is 5.82 Å². The van der Waals surface area contributed by atoms with Gasteiger partial charge >= 0.3 is 0 Å². The average molecular weight is 295 g/mol. The molecule has 0 amide bonds. The second kappa shape index (κ2) is 5.94. The maximum absolute atomic E-state index is 13.1. The van der Waals surface area contributed by atoms with Crippen LogP contribution in [0.2, 0.25) is 0 Å². The summed E-state index contributed by atoms with van der Waals surface area (Å²) in [6.07, 6.45) is 0. The summed E-state index contributed by atoms with van der Waals surface area (Å²) in [7, 11) is 0. The van der Waals surface area contributed by atoms with Crippen LogP contribution in [-0.4, -0.2) is 0 Å². The number of rotatable bonds is 4. The van der Waals surface area contributed by atoms with E-state index in [1.54, 1.807) is 0 Å². The van der Waals surface area contributed by atoms with E-state index in [4.69, 9.17) is 4.74 Å². The zero-order valence-electron chi connectivity index (χ0n) is 9.20. The Kier molecular flexibility index (Phi) is 4.29. The van der Waals surface area contributed by atoms with E-state index in [0.717, 1.165) is 15.6 Å². The minimum Gasteiger partial charge on any atom is -0.372 e. The second-order valence-electron chi connectivity index (χ2n) is 3.76. The van der Waals surface area contributed by atoms with Gasteiger partial charge in [0, 0.05) is 4.47 Å². The molecule has 0 aliphatic carbocycles. The van der Waals surface area contributed by atoms with Crippen LogP contribution in [0.3, 0.4) is 0 Å². The summed E-state index contributed by atoms with van der Waals surface area (Å²) in [6, 6.07) is 14.7. The molecule has 2 aromatic rings. The van der Waals surface area contributed by atoms with E-state index < -0.39 is 0 Å². The van der Waals surface area contributed by atoms with Gasteiger partial charge in [0.15, 0.2) is 0 Å². The fourth-order valence-electron chi connectivity index (χ4n) is 1.56. The minimum absolute atomic E-state index is 0.252. The van der Waals surface area contributed by atoms with Crippen molar-refractivity contribution >= 4 is 15.9 Å². The molecular weight excluding hydrogens is 283 g/mol. The lowest BCUT2D eigenvalue weighted by Gasteiger charge is -2.05. The quantitative estimate of drug-likeness (QED) is 0.817. The van der Waals surface area contributed by atoms with E-state index >= 15 is 0 Å². The third kappa shape index (κ3) is 3.95. The van der Waals surface area contributed by atoms with Gasteiger partial charge in [-0.2, -0.15) is 0 Å². The van der Waals surface area contributed by atoms with Crippen molar-refractivity contribution in [3.8, 4) is 0 Å². The van der Waals surface area contributed by atoms with Crippen molar-refractivity contribution < 1.29 is 9.13 Å². The van der Waals surface area contributed by atoms with Crippen LogP contribution < -0.4 is 0 Å². The zero-order chi connectivity index (χ0) is 12.1. The molecule has 0 saturated carbocycles. The molecule has 17 heavy (non-hydrogen) atoms. The van der Waals surface area contributed by atoms with E-state index in [0.29, 0.717) is 13.2 Å². The first-order chi connectivity index (χ1) is 8.24. The second-order valence-corrected chi connectivity index (χ2v) is 4.67. The highest BCUT2D eigenvalue weighted by Gasteiger charge is 1.99. The molecule has 0 bridgehead atoms. The van der Waals surface area contributed by atoms with Gasteiger partial charge in [-0.05, 0) is 29.3 Å². The number of ether oxygens (including phenoxy) is 1. The molecule has 88 valence electrons. The Morgan fingerprint density at radius 2 is 1.65 bits per heavy atom. The van der Waals surface area contributed by atoms with Crippen LogP contribution in [0.15, 0.2) is 53.0 Å². The molecule has 0 heterocycles. The number of benzene rings is 2. The first-order valence-corrected chi connectivity index (χ1v) is 6.10. The first kappa shape index (κ1) is 12.3. The molecule has 0 radical (unpaired) electrons. The van der Waals surface area contributed by atoms with Crippen molar-refractivity contribution in [1.29, 1.82) is 0 Å². The molecule has 2 rings (SSSR count). The normalized spacial score (nSPS) is 10.5. The van der Waals surface area contributed by atoms with Crippen LogP contribution in [0.5, 0.6) is 0 Å². The van der Waals surface area contributed by atoms with Crippen molar-refractivity contribution in [2.75, 3.05) is 0 Å². The molecule has 0 saturated heterocycles. The molecule has 0 fully saturated rings. The number of halogens is 2. The van der Waals surface area contributed by atoms with E-state index in [-0.39, 0.29) is 5.82 Å². The standard InChI is InChI=1S/C14H12BrFO/c15-13-6-12(7-14(16)8-13)10-17-9-11-4-2-1-3-5-11/h1-8H,9-10H2.